The number of carbonyl (C=O) groups excluding carboxylic acids is 1. The quantitative estimate of drug-likeness (QED) is 0.760. The summed E-state index contributed by atoms with van der Waals surface area (Å²) in [5, 5.41) is 12.0. The van der Waals surface area contributed by atoms with Gasteiger partial charge >= 0.3 is 5.97 Å². The molecule has 2 N–H and O–H groups in total. The zero-order chi connectivity index (χ0) is 14.6. The van der Waals surface area contributed by atoms with Gasteiger partial charge in [0.05, 0.1) is 5.01 Å². The van der Waals surface area contributed by atoms with Gasteiger partial charge in [-0.1, -0.05) is 0 Å². The minimum Gasteiger partial charge on any atom is -0.476 e. The van der Waals surface area contributed by atoms with Crippen molar-refractivity contribution in [2.75, 3.05) is 12.8 Å². The number of carboxylic acid groups (broad SMARTS) is 1. The first kappa shape index (κ1) is 15.6. The lowest BCUT2D eigenvalue weighted by Crippen LogP contribution is -2.38. The molecule has 0 bridgehead atoms. The second kappa shape index (κ2) is 6.11. The molecule has 0 saturated heterocycles. The zero-order valence-corrected chi connectivity index (χ0v) is 12.0. The monoisotopic (exact) mass is 306 g/mol. The molecule has 19 heavy (non-hydrogen) atoms. The van der Waals surface area contributed by atoms with Crippen LogP contribution in [0, 0.1) is 0 Å². The summed E-state index contributed by atoms with van der Waals surface area (Å²) in [6.45, 7) is 1.53. The van der Waals surface area contributed by atoms with Crippen LogP contribution in [-0.4, -0.2) is 48.4 Å². The maximum atomic E-state index is 11.5. The summed E-state index contributed by atoms with van der Waals surface area (Å²) in [5.41, 5.74) is -0.0316. The Bertz CT molecular complexity index is 578. The van der Waals surface area contributed by atoms with Gasteiger partial charge in [0, 0.05) is 24.6 Å². The molecule has 1 aromatic rings. The summed E-state index contributed by atoms with van der Waals surface area (Å²) in [6.07, 6.45) is 1.36. The van der Waals surface area contributed by atoms with E-state index in [0.29, 0.717) is 11.4 Å². The normalized spacial score (nSPS) is 12.9. The van der Waals surface area contributed by atoms with E-state index < -0.39 is 27.0 Å². The smallest absolute Gasteiger partial charge is 0.355 e. The van der Waals surface area contributed by atoms with Gasteiger partial charge in [-0.3, -0.25) is 4.79 Å². The van der Waals surface area contributed by atoms with Crippen molar-refractivity contribution in [3.05, 3.63) is 16.1 Å². The Morgan fingerprint density at radius 3 is 2.63 bits per heavy atom. The van der Waals surface area contributed by atoms with Gasteiger partial charge < -0.3 is 10.4 Å². The Morgan fingerprint density at radius 2 is 2.16 bits per heavy atom. The number of hydrogen-bond donors (Lipinski definition) is 2. The molecular formula is C10H14N2O5S2. The van der Waals surface area contributed by atoms with Gasteiger partial charge in [-0.15, -0.1) is 11.3 Å². The van der Waals surface area contributed by atoms with E-state index >= 15 is 0 Å². The van der Waals surface area contributed by atoms with Crippen molar-refractivity contribution < 1.29 is 23.1 Å². The molecule has 0 aliphatic rings. The maximum Gasteiger partial charge on any atom is 0.355 e. The summed E-state index contributed by atoms with van der Waals surface area (Å²) in [4.78, 5) is 25.9. The van der Waals surface area contributed by atoms with E-state index in [1.165, 1.54) is 23.6 Å². The standard InChI is InChI=1S/C10H14N2O5S2/c1-6(19(2,16)17)9(13)11-4-3-8-12-7(5-18-8)10(14)15/h5-6H,3-4H2,1-2H3,(H,11,13)(H,14,15). The van der Waals surface area contributed by atoms with Crippen LogP contribution in [0.4, 0.5) is 0 Å². The number of thiazole rings is 1. The third kappa shape index (κ3) is 4.60. The van der Waals surface area contributed by atoms with Gasteiger partial charge in [0.15, 0.2) is 15.5 Å². The fourth-order valence-electron chi connectivity index (χ4n) is 1.15. The number of nitrogens with zero attached hydrogens (tertiary/aromatic N) is 1. The van der Waals surface area contributed by atoms with E-state index in [0.717, 1.165) is 6.26 Å². The van der Waals surface area contributed by atoms with Crippen molar-refractivity contribution in [3.8, 4) is 0 Å². The molecule has 1 unspecified atom stereocenters. The van der Waals surface area contributed by atoms with Crippen molar-refractivity contribution in [1.29, 1.82) is 0 Å². The van der Waals surface area contributed by atoms with Crippen LogP contribution >= 0.6 is 11.3 Å². The number of nitrogens with one attached hydrogen (secondary N) is 1. The molecule has 0 spiro atoms. The largest absolute Gasteiger partial charge is 0.476 e. The molecule has 1 heterocycles. The summed E-state index contributed by atoms with van der Waals surface area (Å²) >= 11 is 1.18. The first-order valence-electron chi connectivity index (χ1n) is 5.36. The van der Waals surface area contributed by atoms with Gasteiger partial charge in [0.25, 0.3) is 0 Å². The number of aromatic carboxylic acids is 1. The van der Waals surface area contributed by atoms with E-state index in [1.807, 2.05) is 0 Å². The summed E-state index contributed by atoms with van der Waals surface area (Å²) in [6, 6.07) is 0. The van der Waals surface area contributed by atoms with Crippen molar-refractivity contribution >= 4 is 33.1 Å². The number of amides is 1. The summed E-state index contributed by atoms with van der Waals surface area (Å²) in [5.74, 6) is -1.67. The van der Waals surface area contributed by atoms with Crippen LogP contribution in [0.2, 0.25) is 0 Å². The SMILES string of the molecule is CC(C(=O)NCCc1nc(C(=O)O)cs1)S(C)(=O)=O. The van der Waals surface area contributed by atoms with Gasteiger partial charge in [-0.2, -0.15) is 0 Å². The van der Waals surface area contributed by atoms with Gasteiger partial charge in [0.1, 0.15) is 5.25 Å². The fourth-order valence-corrected chi connectivity index (χ4v) is 2.40. The number of hydrogen-bond acceptors (Lipinski definition) is 6. The minimum atomic E-state index is -3.41. The highest BCUT2D eigenvalue weighted by Crippen LogP contribution is 2.10. The van der Waals surface area contributed by atoms with Crippen LogP contribution < -0.4 is 5.32 Å². The second-order valence-electron chi connectivity index (χ2n) is 3.94. The van der Waals surface area contributed by atoms with Crippen LogP contribution in [-0.2, 0) is 21.1 Å². The van der Waals surface area contributed by atoms with Crippen LogP contribution in [0.5, 0.6) is 0 Å². The van der Waals surface area contributed by atoms with Crippen LogP contribution in [0.15, 0.2) is 5.38 Å². The Morgan fingerprint density at radius 1 is 1.53 bits per heavy atom. The molecule has 0 radical (unpaired) electrons. The minimum absolute atomic E-state index is 0.0316. The first-order chi connectivity index (χ1) is 8.71. The lowest BCUT2D eigenvalue weighted by atomic mass is 10.4. The van der Waals surface area contributed by atoms with Gasteiger partial charge in [-0.25, -0.2) is 18.2 Å². The molecule has 1 atom stereocenters. The molecule has 7 nitrogen and oxygen atoms in total. The van der Waals surface area contributed by atoms with E-state index in [9.17, 15) is 18.0 Å². The van der Waals surface area contributed by atoms with Gasteiger partial charge in [-0.05, 0) is 6.92 Å². The number of carboxylic acids is 1. The molecule has 1 aromatic heterocycles. The maximum absolute atomic E-state index is 11.5. The van der Waals surface area contributed by atoms with Crippen molar-refractivity contribution in [1.82, 2.24) is 10.3 Å². The highest BCUT2D eigenvalue weighted by molar-refractivity contribution is 7.92. The molecule has 0 saturated carbocycles. The molecule has 1 amide bonds. The third-order valence-corrected chi connectivity index (χ3v) is 4.83. The predicted octanol–water partition coefficient (Wildman–Crippen LogP) is -0.0669. The van der Waals surface area contributed by atoms with Crippen molar-refractivity contribution in [2.45, 2.75) is 18.6 Å². The summed E-state index contributed by atoms with van der Waals surface area (Å²) in [7, 11) is -3.41. The van der Waals surface area contributed by atoms with E-state index in [2.05, 4.69) is 10.3 Å². The molecule has 1 rings (SSSR count). The van der Waals surface area contributed by atoms with Crippen molar-refractivity contribution in [3.63, 3.8) is 0 Å². The summed E-state index contributed by atoms with van der Waals surface area (Å²) < 4.78 is 22.3. The molecule has 0 aliphatic carbocycles. The Kier molecular flexibility index (Phi) is 5.01. The highest BCUT2D eigenvalue weighted by Gasteiger charge is 2.22. The third-order valence-electron chi connectivity index (χ3n) is 2.42. The molecule has 0 aliphatic heterocycles. The molecule has 106 valence electrons. The lowest BCUT2D eigenvalue weighted by Gasteiger charge is -2.09. The second-order valence-corrected chi connectivity index (χ2v) is 7.25. The molecule has 9 heteroatoms. The first-order valence-corrected chi connectivity index (χ1v) is 8.19. The van der Waals surface area contributed by atoms with Crippen LogP contribution in [0.1, 0.15) is 22.4 Å². The number of rotatable bonds is 6. The highest BCUT2D eigenvalue weighted by atomic mass is 32.2. The molecule has 0 aromatic carbocycles. The lowest BCUT2D eigenvalue weighted by molar-refractivity contribution is -0.120. The van der Waals surface area contributed by atoms with E-state index in [-0.39, 0.29) is 12.2 Å². The number of carbonyl (C=O) groups is 2. The average molecular weight is 306 g/mol. The average Bonchev–Trinajstić information content (AvgIpc) is 2.75. The van der Waals surface area contributed by atoms with Crippen LogP contribution in [0.25, 0.3) is 0 Å². The van der Waals surface area contributed by atoms with E-state index in [1.54, 1.807) is 0 Å². The topological polar surface area (TPSA) is 113 Å². The zero-order valence-electron chi connectivity index (χ0n) is 10.4. The predicted molar refractivity (Wildman–Crippen MR) is 70.1 cm³/mol. The Balaban J connectivity index is 2.46. The van der Waals surface area contributed by atoms with Crippen molar-refractivity contribution in [2.24, 2.45) is 0 Å². The van der Waals surface area contributed by atoms with Crippen LogP contribution in [0.3, 0.4) is 0 Å². The Labute approximate surface area is 114 Å². The fraction of sp³-hybridized carbons (Fsp3) is 0.500. The van der Waals surface area contributed by atoms with Gasteiger partial charge in [0.2, 0.25) is 5.91 Å². The molecular weight excluding hydrogens is 292 g/mol. The number of aromatic nitrogens is 1. The van der Waals surface area contributed by atoms with E-state index in [4.69, 9.17) is 5.11 Å². The Hall–Kier alpha value is -1.48. The number of sulfone groups is 1. The molecule has 0 fully saturated rings.